The lowest BCUT2D eigenvalue weighted by atomic mass is 9.95. The number of ether oxygens (including phenoxy) is 1. The molecule has 1 atom stereocenters. The lowest BCUT2D eigenvalue weighted by molar-refractivity contribution is -0.120. The van der Waals surface area contributed by atoms with Gasteiger partial charge in [0.25, 0.3) is 0 Å². The Hall–Kier alpha value is -2.21. The van der Waals surface area contributed by atoms with E-state index in [9.17, 15) is 13.2 Å². The number of halogens is 3. The highest BCUT2D eigenvalue weighted by molar-refractivity contribution is 9.10. The molecule has 0 radical (unpaired) electrons. The van der Waals surface area contributed by atoms with Gasteiger partial charge in [-0.1, -0.05) is 53.5 Å². The van der Waals surface area contributed by atoms with Gasteiger partial charge in [0.15, 0.2) is 0 Å². The first-order valence-corrected chi connectivity index (χ1v) is 14.6. The maximum absolute atomic E-state index is 13.8. The van der Waals surface area contributed by atoms with E-state index in [1.807, 2.05) is 24.3 Å². The van der Waals surface area contributed by atoms with Crippen molar-refractivity contribution in [2.24, 2.45) is 0 Å². The second-order valence-electron chi connectivity index (χ2n) is 8.71. The normalized spacial score (nSPS) is 18.4. The zero-order chi connectivity index (χ0) is 26.2. The van der Waals surface area contributed by atoms with Crippen molar-refractivity contribution in [1.29, 1.82) is 0 Å². The van der Waals surface area contributed by atoms with Crippen LogP contribution in [0.25, 0.3) is 0 Å². The predicted octanol–water partition coefficient (Wildman–Crippen LogP) is 4.74. The molecule has 0 aliphatic carbocycles. The summed E-state index contributed by atoms with van der Waals surface area (Å²) in [7, 11) is -4.22. The summed E-state index contributed by atoms with van der Waals surface area (Å²) in [4.78, 5) is 20.0. The largest absolute Gasteiger partial charge is 0.378 e. The standard InChI is InChI=1S/C25H23BrCl2N4O4S/c26-19-13-18(14-29-24(19)31-8-10-36-11-9-31)30-25(33)22-12-16-4-1-2-5-17(16)15-32(22)37(34,35)23-20(27)6-3-7-21(23)28/h1-7,13-14,22H,8-12,15H2,(H,30,33). The lowest BCUT2D eigenvalue weighted by Gasteiger charge is -2.35. The topological polar surface area (TPSA) is 91.8 Å². The van der Waals surface area contributed by atoms with Crippen LogP contribution in [0.2, 0.25) is 10.0 Å². The summed E-state index contributed by atoms with van der Waals surface area (Å²) >= 11 is 16.1. The van der Waals surface area contributed by atoms with Crippen LogP contribution in [0.4, 0.5) is 11.5 Å². The Labute approximate surface area is 233 Å². The van der Waals surface area contributed by atoms with E-state index in [0.717, 1.165) is 30.0 Å². The van der Waals surface area contributed by atoms with Gasteiger partial charge in [0.05, 0.1) is 39.6 Å². The SMILES string of the molecule is O=C(Nc1cnc(N2CCOCC2)c(Br)c1)C1Cc2ccccc2CN1S(=O)(=O)c1c(Cl)cccc1Cl. The number of nitrogens with zero attached hydrogens (tertiary/aromatic N) is 3. The molecule has 2 aliphatic heterocycles. The van der Waals surface area contributed by atoms with E-state index in [4.69, 9.17) is 27.9 Å². The van der Waals surface area contributed by atoms with E-state index in [1.165, 1.54) is 16.4 Å². The summed E-state index contributed by atoms with van der Waals surface area (Å²) in [5.74, 6) is 0.277. The average Bonchev–Trinajstić information content (AvgIpc) is 2.88. The number of anilines is 2. The molecule has 1 aromatic heterocycles. The number of rotatable bonds is 5. The fourth-order valence-electron chi connectivity index (χ4n) is 4.55. The summed E-state index contributed by atoms with van der Waals surface area (Å²) in [6.07, 6.45) is 1.76. The quantitative estimate of drug-likeness (QED) is 0.440. The zero-order valence-electron chi connectivity index (χ0n) is 19.5. The molecule has 5 rings (SSSR count). The van der Waals surface area contributed by atoms with Gasteiger partial charge in [-0.05, 0) is 51.7 Å². The number of aromatic nitrogens is 1. The maximum atomic E-state index is 13.8. The summed E-state index contributed by atoms with van der Waals surface area (Å²) in [6, 6.07) is 12.7. The number of fused-ring (bicyclic) bond motifs is 1. The van der Waals surface area contributed by atoms with E-state index in [1.54, 1.807) is 18.3 Å². The zero-order valence-corrected chi connectivity index (χ0v) is 23.4. The Balaban J connectivity index is 1.46. The van der Waals surface area contributed by atoms with Crippen molar-refractivity contribution in [3.63, 3.8) is 0 Å². The Bertz CT molecular complexity index is 1430. The molecule has 1 unspecified atom stereocenters. The van der Waals surface area contributed by atoms with Crippen molar-refractivity contribution in [1.82, 2.24) is 9.29 Å². The fraction of sp³-hybridized carbons (Fsp3) is 0.280. The number of hydrogen-bond donors (Lipinski definition) is 1. The monoisotopic (exact) mass is 624 g/mol. The Morgan fingerprint density at radius 3 is 2.41 bits per heavy atom. The van der Waals surface area contributed by atoms with Crippen molar-refractivity contribution in [3.05, 3.63) is 80.4 Å². The number of pyridine rings is 1. The first kappa shape index (κ1) is 26.4. The molecular weight excluding hydrogens is 603 g/mol. The van der Waals surface area contributed by atoms with Crippen molar-refractivity contribution in [3.8, 4) is 0 Å². The van der Waals surface area contributed by atoms with E-state index in [2.05, 4.69) is 31.1 Å². The molecule has 1 fully saturated rings. The minimum absolute atomic E-state index is 0.00245. The fourth-order valence-corrected chi connectivity index (χ4v) is 7.81. The predicted molar refractivity (Wildman–Crippen MR) is 147 cm³/mol. The van der Waals surface area contributed by atoms with Gasteiger partial charge in [0.2, 0.25) is 15.9 Å². The third kappa shape index (κ3) is 5.36. The summed E-state index contributed by atoms with van der Waals surface area (Å²) < 4.78 is 34.9. The van der Waals surface area contributed by atoms with Crippen LogP contribution in [0.5, 0.6) is 0 Å². The minimum atomic E-state index is -4.22. The van der Waals surface area contributed by atoms with Crippen LogP contribution < -0.4 is 10.2 Å². The Morgan fingerprint density at radius 1 is 1.05 bits per heavy atom. The van der Waals surface area contributed by atoms with Crippen LogP contribution in [-0.4, -0.2) is 56.0 Å². The van der Waals surface area contributed by atoms with Gasteiger partial charge in [-0.3, -0.25) is 4.79 Å². The Morgan fingerprint density at radius 2 is 1.73 bits per heavy atom. The van der Waals surface area contributed by atoms with Crippen molar-refractivity contribution >= 4 is 66.6 Å². The second kappa shape index (κ2) is 10.9. The van der Waals surface area contributed by atoms with E-state index >= 15 is 0 Å². The molecule has 1 saturated heterocycles. The van der Waals surface area contributed by atoms with E-state index in [0.29, 0.717) is 23.4 Å². The van der Waals surface area contributed by atoms with Gasteiger partial charge in [-0.15, -0.1) is 0 Å². The summed E-state index contributed by atoms with van der Waals surface area (Å²) in [5.41, 5.74) is 2.17. The second-order valence-corrected chi connectivity index (χ2v) is 12.2. The third-order valence-electron chi connectivity index (χ3n) is 6.39. The van der Waals surface area contributed by atoms with Crippen LogP contribution in [0.15, 0.2) is 64.1 Å². The first-order chi connectivity index (χ1) is 17.8. The van der Waals surface area contributed by atoms with E-state index < -0.39 is 22.0 Å². The minimum Gasteiger partial charge on any atom is -0.378 e. The number of carbonyl (C=O) groups is 1. The molecule has 1 amide bonds. The molecule has 8 nitrogen and oxygen atoms in total. The van der Waals surface area contributed by atoms with Gasteiger partial charge in [-0.2, -0.15) is 4.31 Å². The Kier molecular flexibility index (Phi) is 7.76. The molecule has 0 spiro atoms. The molecule has 37 heavy (non-hydrogen) atoms. The first-order valence-electron chi connectivity index (χ1n) is 11.6. The molecule has 0 saturated carbocycles. The van der Waals surface area contributed by atoms with Crippen molar-refractivity contribution in [2.45, 2.75) is 23.9 Å². The molecule has 2 aliphatic rings. The highest BCUT2D eigenvalue weighted by Crippen LogP contribution is 2.36. The van der Waals surface area contributed by atoms with Crippen molar-refractivity contribution in [2.75, 3.05) is 36.5 Å². The van der Waals surface area contributed by atoms with Crippen LogP contribution in [0.3, 0.4) is 0 Å². The number of benzene rings is 2. The van der Waals surface area contributed by atoms with E-state index in [-0.39, 0.29) is 27.9 Å². The number of hydrogen-bond acceptors (Lipinski definition) is 6. The highest BCUT2D eigenvalue weighted by Gasteiger charge is 2.41. The number of sulfonamides is 1. The molecule has 1 N–H and O–H groups in total. The van der Waals surface area contributed by atoms with Crippen LogP contribution >= 0.6 is 39.1 Å². The van der Waals surface area contributed by atoms with Crippen LogP contribution in [-0.2, 0) is 32.5 Å². The number of amides is 1. The van der Waals surface area contributed by atoms with Gasteiger partial charge in [0.1, 0.15) is 16.8 Å². The molecule has 194 valence electrons. The molecule has 2 aromatic carbocycles. The molecule has 3 aromatic rings. The smallest absolute Gasteiger partial charge is 0.247 e. The van der Waals surface area contributed by atoms with Gasteiger partial charge < -0.3 is 15.0 Å². The van der Waals surface area contributed by atoms with Gasteiger partial charge in [0, 0.05) is 19.6 Å². The van der Waals surface area contributed by atoms with Gasteiger partial charge in [-0.25, -0.2) is 13.4 Å². The molecular formula is C25H23BrCl2N4O4S. The maximum Gasteiger partial charge on any atom is 0.247 e. The number of carbonyl (C=O) groups excluding carboxylic acids is 1. The highest BCUT2D eigenvalue weighted by atomic mass is 79.9. The van der Waals surface area contributed by atoms with Crippen LogP contribution in [0.1, 0.15) is 11.1 Å². The summed E-state index contributed by atoms with van der Waals surface area (Å²) in [6.45, 7) is 2.69. The van der Waals surface area contributed by atoms with Gasteiger partial charge >= 0.3 is 0 Å². The molecule has 0 bridgehead atoms. The average molecular weight is 626 g/mol. The summed E-state index contributed by atoms with van der Waals surface area (Å²) in [5, 5.41) is 2.84. The molecule has 3 heterocycles. The van der Waals surface area contributed by atoms with Crippen molar-refractivity contribution < 1.29 is 17.9 Å². The molecule has 12 heteroatoms. The number of nitrogens with one attached hydrogen (secondary N) is 1. The van der Waals surface area contributed by atoms with Crippen LogP contribution in [0, 0.1) is 0 Å². The third-order valence-corrected chi connectivity index (χ3v) is 9.79. The number of morpholine rings is 1. The lowest BCUT2D eigenvalue weighted by Crippen LogP contribution is -2.50.